The van der Waals surface area contributed by atoms with Crippen LogP contribution in [0.5, 0.6) is 5.75 Å². The summed E-state index contributed by atoms with van der Waals surface area (Å²) >= 11 is 0. The molecule has 3 atom stereocenters. The molecule has 4 N–H and O–H groups in total. The van der Waals surface area contributed by atoms with Gasteiger partial charge in [0.15, 0.2) is 5.78 Å². The molecule has 1 unspecified atom stereocenters. The first-order valence-corrected chi connectivity index (χ1v) is 11.4. The third-order valence-corrected chi connectivity index (χ3v) is 6.28. The Kier molecular flexibility index (Phi) is 8.12. The highest BCUT2D eigenvalue weighted by Crippen LogP contribution is 2.36. The van der Waals surface area contributed by atoms with Crippen molar-refractivity contribution in [2.45, 2.75) is 51.1 Å². The molecule has 188 valence electrons. The number of urea groups is 1. The largest absolute Gasteiger partial charge is 0.535 e. The molecule has 35 heavy (non-hydrogen) atoms. The molecule has 2 heterocycles. The zero-order chi connectivity index (χ0) is 25.9. The Morgan fingerprint density at radius 3 is 2.54 bits per heavy atom. The van der Waals surface area contributed by atoms with Gasteiger partial charge >= 0.3 is 30.9 Å². The number of aromatic carboxylic acids is 1. The maximum absolute atomic E-state index is 13.1. The lowest BCUT2D eigenvalue weighted by molar-refractivity contribution is -0.153. The third-order valence-electron chi connectivity index (χ3n) is 6.28. The first-order valence-electron chi connectivity index (χ1n) is 11.4. The lowest BCUT2D eigenvalue weighted by Gasteiger charge is -2.33. The second-order valence-corrected chi connectivity index (χ2v) is 8.49. The van der Waals surface area contributed by atoms with Crippen LogP contribution in [0.3, 0.4) is 0 Å². The minimum absolute atomic E-state index is 0.0315. The smallest absolute Gasteiger partial charge is 0.526 e. The molecule has 0 bridgehead atoms. The number of carboxylic acid groups (broad SMARTS) is 1. The first-order chi connectivity index (χ1) is 16.6. The lowest BCUT2D eigenvalue weighted by Crippen LogP contribution is -2.61. The molecule has 1 fully saturated rings. The van der Waals surface area contributed by atoms with E-state index in [-0.39, 0.29) is 43.7 Å². The van der Waals surface area contributed by atoms with Gasteiger partial charge in [0, 0.05) is 31.9 Å². The number of carboxylic acids is 1. The normalized spacial score (nSPS) is 19.5. The predicted octanol–water partition coefficient (Wildman–Crippen LogP) is -0.331. The van der Waals surface area contributed by atoms with Crippen molar-refractivity contribution in [1.29, 1.82) is 0 Å². The number of nitrogens with one attached hydrogen (secondary N) is 1. The molecule has 0 aromatic heterocycles. The van der Waals surface area contributed by atoms with E-state index in [1.54, 1.807) is 19.9 Å². The van der Waals surface area contributed by atoms with Gasteiger partial charge < -0.3 is 30.1 Å². The molecule has 1 saturated heterocycles. The van der Waals surface area contributed by atoms with E-state index < -0.39 is 54.7 Å². The number of likely N-dealkylation sites (N-methyl/N-ethyl adjacent to an activating group) is 1. The maximum atomic E-state index is 13.1. The van der Waals surface area contributed by atoms with Crippen molar-refractivity contribution >= 4 is 36.7 Å². The Hall–Kier alpha value is -3.45. The number of aliphatic hydroxyl groups excluding tert-OH is 1. The van der Waals surface area contributed by atoms with Crippen LogP contribution in [0.2, 0.25) is 5.82 Å². The standard InChI is InChI=1S/C22H28BN3O9/c1-3-15(27)17(24-22(33)26-9-8-25(4-2)19(29)20(26)30)16(28)11-13-10-12-6-5-7-14(21(31)32)18(12)35-23(13)34/h5-7,13,15,17,27,34H,3-4,8-11H2,1-2H3,(H,24,33)(H,31,32)/t13-,15?,17-/m1/s1. The van der Waals surface area contributed by atoms with Crippen LogP contribution in [0.25, 0.3) is 0 Å². The van der Waals surface area contributed by atoms with Gasteiger partial charge in [-0.2, -0.15) is 0 Å². The monoisotopic (exact) mass is 489 g/mol. The first kappa shape index (κ1) is 26.2. The molecule has 13 heteroatoms. The second kappa shape index (κ2) is 10.9. The van der Waals surface area contributed by atoms with Gasteiger partial charge in [-0.3, -0.25) is 19.3 Å². The number of piperazine rings is 1. The number of benzene rings is 1. The minimum atomic E-state index is -1.48. The van der Waals surface area contributed by atoms with Crippen LogP contribution < -0.4 is 9.97 Å². The average molecular weight is 489 g/mol. The Morgan fingerprint density at radius 2 is 1.91 bits per heavy atom. The fraction of sp³-hybridized carbons (Fsp3) is 0.500. The third kappa shape index (κ3) is 5.46. The molecular formula is C22H28BN3O9. The van der Waals surface area contributed by atoms with E-state index in [2.05, 4.69) is 5.32 Å². The van der Waals surface area contributed by atoms with Gasteiger partial charge in [-0.25, -0.2) is 9.59 Å². The quantitative estimate of drug-likeness (QED) is 0.282. The number of fused-ring (bicyclic) bond motifs is 1. The molecule has 3 rings (SSSR count). The Bertz CT molecular complexity index is 1030. The maximum Gasteiger partial charge on any atom is 0.526 e. The number of amides is 4. The summed E-state index contributed by atoms with van der Waals surface area (Å²) in [4.78, 5) is 63.7. The van der Waals surface area contributed by atoms with Crippen molar-refractivity contribution < 1.29 is 43.9 Å². The fourth-order valence-corrected chi connectivity index (χ4v) is 4.22. The molecule has 4 amide bonds. The van der Waals surface area contributed by atoms with Gasteiger partial charge in [-0.05, 0) is 31.4 Å². The van der Waals surface area contributed by atoms with Crippen LogP contribution in [0, 0.1) is 0 Å². The van der Waals surface area contributed by atoms with Crippen LogP contribution in [-0.2, 0) is 20.8 Å². The summed E-state index contributed by atoms with van der Waals surface area (Å²) in [5, 5.41) is 32.5. The number of carbonyl (C=O) groups is 5. The molecule has 2 aliphatic heterocycles. The van der Waals surface area contributed by atoms with E-state index in [0.717, 1.165) is 0 Å². The highest BCUT2D eigenvalue weighted by molar-refractivity contribution is 6.47. The van der Waals surface area contributed by atoms with Crippen LogP contribution >= 0.6 is 0 Å². The molecule has 0 spiro atoms. The molecule has 0 saturated carbocycles. The zero-order valence-corrected chi connectivity index (χ0v) is 19.5. The van der Waals surface area contributed by atoms with E-state index in [9.17, 15) is 39.2 Å². The van der Waals surface area contributed by atoms with Crippen LogP contribution in [0.4, 0.5) is 4.79 Å². The highest BCUT2D eigenvalue weighted by Gasteiger charge is 2.41. The Labute approximate surface area is 202 Å². The molecule has 0 aliphatic carbocycles. The van der Waals surface area contributed by atoms with Crippen molar-refractivity contribution in [3.05, 3.63) is 29.3 Å². The van der Waals surface area contributed by atoms with E-state index in [4.69, 9.17) is 4.65 Å². The summed E-state index contributed by atoms with van der Waals surface area (Å²) in [5.74, 6) is -4.40. The lowest BCUT2D eigenvalue weighted by atomic mass is 9.64. The van der Waals surface area contributed by atoms with Gasteiger partial charge in [0.2, 0.25) is 0 Å². The number of aliphatic hydroxyl groups is 1. The fourth-order valence-electron chi connectivity index (χ4n) is 4.22. The highest BCUT2D eigenvalue weighted by atomic mass is 16.5. The van der Waals surface area contributed by atoms with Gasteiger partial charge in [0.05, 0.1) is 11.7 Å². The van der Waals surface area contributed by atoms with Gasteiger partial charge in [0.1, 0.15) is 11.8 Å². The number of hydrogen-bond donors (Lipinski definition) is 4. The van der Waals surface area contributed by atoms with E-state index in [0.29, 0.717) is 17.0 Å². The molecule has 12 nitrogen and oxygen atoms in total. The number of ketones is 1. The van der Waals surface area contributed by atoms with Gasteiger partial charge in [-0.1, -0.05) is 19.1 Å². The van der Waals surface area contributed by atoms with Gasteiger partial charge in [0.25, 0.3) is 0 Å². The summed E-state index contributed by atoms with van der Waals surface area (Å²) in [7, 11) is -1.48. The van der Waals surface area contributed by atoms with E-state index >= 15 is 0 Å². The van der Waals surface area contributed by atoms with Crippen molar-refractivity contribution in [3.63, 3.8) is 0 Å². The van der Waals surface area contributed by atoms with Crippen molar-refractivity contribution in [1.82, 2.24) is 15.1 Å². The van der Waals surface area contributed by atoms with E-state index in [1.165, 1.54) is 17.0 Å². The molecule has 2 aliphatic rings. The Morgan fingerprint density at radius 1 is 1.20 bits per heavy atom. The number of nitrogens with zero attached hydrogens (tertiary/aromatic N) is 2. The summed E-state index contributed by atoms with van der Waals surface area (Å²) in [6.07, 6.45) is -1.32. The van der Waals surface area contributed by atoms with Crippen LogP contribution in [0.1, 0.15) is 42.6 Å². The molecule has 0 radical (unpaired) electrons. The number of rotatable bonds is 8. The molecular weight excluding hydrogens is 461 g/mol. The Balaban J connectivity index is 1.72. The number of hydrogen-bond acceptors (Lipinski definition) is 8. The summed E-state index contributed by atoms with van der Waals surface area (Å²) < 4.78 is 5.40. The second-order valence-electron chi connectivity index (χ2n) is 8.49. The SMILES string of the molecule is CCC(O)[C@@H](NC(=O)N1CCN(CC)C(=O)C1=O)C(=O)C[C@H]1Cc2cccc(C(=O)O)c2OB1O. The average Bonchev–Trinajstić information content (AvgIpc) is 2.83. The molecule has 1 aromatic carbocycles. The minimum Gasteiger partial charge on any atom is -0.535 e. The predicted molar refractivity (Wildman–Crippen MR) is 122 cm³/mol. The topological polar surface area (TPSA) is 174 Å². The van der Waals surface area contributed by atoms with E-state index in [1.807, 2.05) is 0 Å². The number of para-hydroxylation sites is 1. The zero-order valence-electron chi connectivity index (χ0n) is 19.5. The van der Waals surface area contributed by atoms with Crippen molar-refractivity contribution in [2.75, 3.05) is 19.6 Å². The van der Waals surface area contributed by atoms with Crippen molar-refractivity contribution in [2.24, 2.45) is 0 Å². The number of Topliss-reactive ketones (excluding diaryl/α,β-unsaturated/α-hetero) is 1. The van der Waals surface area contributed by atoms with Crippen molar-refractivity contribution in [3.8, 4) is 5.75 Å². The number of carbonyl (C=O) groups excluding carboxylic acids is 4. The van der Waals surface area contributed by atoms with Crippen LogP contribution in [0.15, 0.2) is 18.2 Å². The van der Waals surface area contributed by atoms with Crippen LogP contribution in [-0.4, -0.2) is 93.5 Å². The number of imide groups is 1. The summed E-state index contributed by atoms with van der Waals surface area (Å²) in [5.41, 5.74) is 0.391. The summed E-state index contributed by atoms with van der Waals surface area (Å²) in [6.45, 7) is 3.74. The summed E-state index contributed by atoms with van der Waals surface area (Å²) in [6, 6.07) is 2.14. The van der Waals surface area contributed by atoms with Gasteiger partial charge in [-0.15, -0.1) is 0 Å². The molecule has 1 aromatic rings.